The van der Waals surface area contributed by atoms with Gasteiger partial charge in [-0.25, -0.2) is 9.97 Å². The lowest BCUT2D eigenvalue weighted by Crippen LogP contribution is -2.40. The lowest BCUT2D eigenvalue weighted by Gasteiger charge is -2.18. The summed E-state index contributed by atoms with van der Waals surface area (Å²) >= 11 is 0. The van der Waals surface area contributed by atoms with Gasteiger partial charge in [0.1, 0.15) is 5.82 Å². The molecule has 0 unspecified atom stereocenters. The van der Waals surface area contributed by atoms with Crippen LogP contribution in [-0.2, 0) is 6.42 Å². The van der Waals surface area contributed by atoms with E-state index in [1.54, 1.807) is 30.7 Å². The molecule has 1 saturated heterocycles. The molecule has 5 rings (SSSR count). The predicted octanol–water partition coefficient (Wildman–Crippen LogP) is 1.82. The Labute approximate surface area is 167 Å². The zero-order valence-electron chi connectivity index (χ0n) is 16.1. The minimum absolute atomic E-state index is 0.00910. The second-order valence-electron chi connectivity index (χ2n) is 7.76. The number of nitrogens with one attached hydrogen (secondary N) is 3. The van der Waals surface area contributed by atoms with E-state index in [0.717, 1.165) is 35.4 Å². The van der Waals surface area contributed by atoms with E-state index in [1.165, 1.54) is 0 Å². The second-order valence-corrected chi connectivity index (χ2v) is 7.76. The van der Waals surface area contributed by atoms with E-state index < -0.39 is 0 Å². The number of likely N-dealkylation sites (tertiary alicyclic amines) is 1. The highest BCUT2D eigenvalue weighted by atomic mass is 16.2. The van der Waals surface area contributed by atoms with Crippen LogP contribution in [0.5, 0.6) is 0 Å². The number of amides is 2. The largest absolute Gasteiger partial charge is 0.369 e. The van der Waals surface area contributed by atoms with Gasteiger partial charge in [0.2, 0.25) is 0 Å². The number of pyridine rings is 1. The molecule has 0 bridgehead atoms. The quantitative estimate of drug-likeness (QED) is 0.633. The van der Waals surface area contributed by atoms with Gasteiger partial charge in [-0.3, -0.25) is 9.59 Å². The van der Waals surface area contributed by atoms with E-state index in [2.05, 4.69) is 32.5 Å². The van der Waals surface area contributed by atoms with Crippen molar-refractivity contribution >= 4 is 28.7 Å². The molecule has 2 aliphatic heterocycles. The Hall–Kier alpha value is -3.42. The Kier molecular flexibility index (Phi) is 4.19. The predicted molar refractivity (Wildman–Crippen MR) is 109 cm³/mol. The molecule has 148 valence electrons. The SMILES string of the molecule is C[C@@H]1CN(C(=O)c2ccnc3c2CCN3)C[C@@H]1NC(=O)c1ccc2nc[nH]c2c1. The molecule has 2 aliphatic rings. The molecule has 0 aliphatic carbocycles. The summed E-state index contributed by atoms with van der Waals surface area (Å²) in [5.41, 5.74) is 3.94. The highest BCUT2D eigenvalue weighted by molar-refractivity contribution is 5.98. The number of carbonyl (C=O) groups excluding carboxylic acids is 2. The number of hydrogen-bond donors (Lipinski definition) is 3. The fourth-order valence-corrected chi connectivity index (χ4v) is 4.22. The normalized spacial score (nSPS) is 20.5. The molecule has 0 saturated carbocycles. The van der Waals surface area contributed by atoms with Gasteiger partial charge in [-0.1, -0.05) is 6.92 Å². The Balaban J connectivity index is 1.30. The zero-order chi connectivity index (χ0) is 20.0. The number of nitrogens with zero attached hydrogens (tertiary/aromatic N) is 3. The summed E-state index contributed by atoms with van der Waals surface area (Å²) in [4.78, 5) is 39.2. The van der Waals surface area contributed by atoms with E-state index >= 15 is 0 Å². The molecule has 8 nitrogen and oxygen atoms in total. The molecule has 1 fully saturated rings. The maximum Gasteiger partial charge on any atom is 0.254 e. The van der Waals surface area contributed by atoms with Gasteiger partial charge < -0.3 is 20.5 Å². The van der Waals surface area contributed by atoms with Crippen LogP contribution in [0.2, 0.25) is 0 Å². The number of benzene rings is 1. The molecule has 2 atom stereocenters. The maximum atomic E-state index is 13.1. The van der Waals surface area contributed by atoms with Gasteiger partial charge in [0.05, 0.1) is 23.4 Å². The van der Waals surface area contributed by atoms with Crippen LogP contribution in [0.4, 0.5) is 5.82 Å². The Morgan fingerprint density at radius 2 is 2.10 bits per heavy atom. The summed E-state index contributed by atoms with van der Waals surface area (Å²) in [6.45, 7) is 3.99. The number of rotatable bonds is 3. The summed E-state index contributed by atoms with van der Waals surface area (Å²) in [6, 6.07) is 7.11. The van der Waals surface area contributed by atoms with Crippen molar-refractivity contribution in [3.8, 4) is 0 Å². The minimum Gasteiger partial charge on any atom is -0.369 e. The Morgan fingerprint density at radius 3 is 3.00 bits per heavy atom. The van der Waals surface area contributed by atoms with Gasteiger partial charge in [0.15, 0.2) is 0 Å². The van der Waals surface area contributed by atoms with Crippen LogP contribution in [0.25, 0.3) is 11.0 Å². The first kappa shape index (κ1) is 17.7. The molecule has 8 heteroatoms. The third kappa shape index (κ3) is 3.10. The molecule has 0 radical (unpaired) electrons. The fourth-order valence-electron chi connectivity index (χ4n) is 4.22. The topological polar surface area (TPSA) is 103 Å². The average molecular weight is 390 g/mol. The number of fused-ring (bicyclic) bond motifs is 2. The molecular weight excluding hydrogens is 368 g/mol. The minimum atomic E-state index is -0.137. The average Bonchev–Trinajstić information content (AvgIpc) is 3.46. The number of imidazole rings is 1. The Bertz CT molecular complexity index is 1110. The number of carbonyl (C=O) groups is 2. The first-order valence-electron chi connectivity index (χ1n) is 9.85. The van der Waals surface area contributed by atoms with Crippen LogP contribution in [0.15, 0.2) is 36.8 Å². The summed E-state index contributed by atoms with van der Waals surface area (Å²) in [5.74, 6) is 0.852. The standard InChI is InChI=1S/C21H22N6O2/c1-12-9-27(21(29)15-5-7-23-19-14(15)4-6-22-19)10-18(12)26-20(28)13-2-3-16-17(8-13)25-11-24-16/h2-3,5,7-8,11-12,18H,4,6,9-10H2,1H3,(H,22,23)(H,24,25)(H,26,28)/t12-,18+/m1/s1. The Morgan fingerprint density at radius 1 is 1.21 bits per heavy atom. The second kappa shape index (κ2) is 6.88. The summed E-state index contributed by atoms with van der Waals surface area (Å²) in [7, 11) is 0. The van der Waals surface area contributed by atoms with Crippen LogP contribution in [0, 0.1) is 5.92 Å². The maximum absolute atomic E-state index is 13.1. The third-order valence-electron chi connectivity index (χ3n) is 5.85. The van der Waals surface area contributed by atoms with Gasteiger partial charge in [0, 0.05) is 42.5 Å². The van der Waals surface area contributed by atoms with Crippen molar-refractivity contribution in [3.05, 3.63) is 53.5 Å². The van der Waals surface area contributed by atoms with Crippen molar-refractivity contribution in [2.45, 2.75) is 19.4 Å². The van der Waals surface area contributed by atoms with Crippen LogP contribution >= 0.6 is 0 Å². The molecule has 2 aromatic heterocycles. The molecular formula is C21H22N6O2. The summed E-state index contributed by atoms with van der Waals surface area (Å²) in [5, 5.41) is 6.31. The van der Waals surface area contributed by atoms with Crippen molar-refractivity contribution in [2.75, 3.05) is 25.0 Å². The number of aromatic amines is 1. The van der Waals surface area contributed by atoms with E-state index in [0.29, 0.717) is 24.2 Å². The van der Waals surface area contributed by atoms with Crippen molar-refractivity contribution in [3.63, 3.8) is 0 Å². The number of aromatic nitrogens is 3. The fraction of sp³-hybridized carbons (Fsp3) is 0.333. The summed E-state index contributed by atoms with van der Waals surface area (Å²) in [6.07, 6.45) is 4.10. The van der Waals surface area contributed by atoms with Crippen molar-refractivity contribution < 1.29 is 9.59 Å². The van der Waals surface area contributed by atoms with Crippen molar-refractivity contribution in [1.29, 1.82) is 0 Å². The first-order chi connectivity index (χ1) is 14.1. The lowest BCUT2D eigenvalue weighted by atomic mass is 10.1. The molecule has 29 heavy (non-hydrogen) atoms. The number of hydrogen-bond acceptors (Lipinski definition) is 5. The first-order valence-corrected chi connectivity index (χ1v) is 9.85. The van der Waals surface area contributed by atoms with Crippen molar-refractivity contribution in [1.82, 2.24) is 25.2 Å². The van der Waals surface area contributed by atoms with Crippen LogP contribution < -0.4 is 10.6 Å². The smallest absolute Gasteiger partial charge is 0.254 e. The van der Waals surface area contributed by atoms with E-state index in [-0.39, 0.29) is 23.8 Å². The highest BCUT2D eigenvalue weighted by Gasteiger charge is 2.35. The number of H-pyrrole nitrogens is 1. The zero-order valence-corrected chi connectivity index (χ0v) is 16.1. The molecule has 1 aromatic carbocycles. The van der Waals surface area contributed by atoms with Gasteiger partial charge in [-0.2, -0.15) is 0 Å². The molecule has 2 amide bonds. The van der Waals surface area contributed by atoms with Gasteiger partial charge in [0.25, 0.3) is 11.8 Å². The number of anilines is 1. The molecule has 0 spiro atoms. The van der Waals surface area contributed by atoms with E-state index in [1.807, 2.05) is 11.0 Å². The van der Waals surface area contributed by atoms with Crippen molar-refractivity contribution in [2.24, 2.45) is 5.92 Å². The van der Waals surface area contributed by atoms with Crippen LogP contribution in [0.3, 0.4) is 0 Å². The molecule has 4 heterocycles. The van der Waals surface area contributed by atoms with Gasteiger partial charge >= 0.3 is 0 Å². The van der Waals surface area contributed by atoms with Crippen LogP contribution in [0.1, 0.15) is 33.2 Å². The van der Waals surface area contributed by atoms with E-state index in [4.69, 9.17) is 0 Å². The van der Waals surface area contributed by atoms with Crippen LogP contribution in [-0.4, -0.2) is 57.3 Å². The summed E-state index contributed by atoms with van der Waals surface area (Å²) < 4.78 is 0. The van der Waals surface area contributed by atoms with Gasteiger partial charge in [-0.05, 0) is 36.6 Å². The lowest BCUT2D eigenvalue weighted by molar-refractivity contribution is 0.0780. The highest BCUT2D eigenvalue weighted by Crippen LogP contribution is 2.26. The van der Waals surface area contributed by atoms with E-state index in [9.17, 15) is 9.59 Å². The van der Waals surface area contributed by atoms with Gasteiger partial charge in [-0.15, -0.1) is 0 Å². The molecule has 3 N–H and O–H groups in total. The third-order valence-corrected chi connectivity index (χ3v) is 5.85. The monoisotopic (exact) mass is 390 g/mol. The molecule has 3 aromatic rings.